The molecule has 1 heterocycles. The molecular formula is C12H15BrFN7O2S. The molecule has 0 saturated carbocycles. The third kappa shape index (κ3) is 4.88. The van der Waals surface area contributed by atoms with E-state index in [1.807, 2.05) is 5.48 Å². The highest BCUT2D eigenvalue weighted by Crippen LogP contribution is 2.25. The molecule has 2 aromatic rings. The van der Waals surface area contributed by atoms with E-state index in [0.29, 0.717) is 34.6 Å². The lowest BCUT2D eigenvalue weighted by molar-refractivity contribution is 0.234. The van der Waals surface area contributed by atoms with Crippen LogP contribution in [0.5, 0.6) is 0 Å². The topological polar surface area (TPSA) is 134 Å². The Morgan fingerprint density at radius 3 is 2.92 bits per heavy atom. The third-order valence-electron chi connectivity index (χ3n) is 2.84. The molecule has 0 saturated heterocycles. The Bertz CT molecular complexity index is 700. The second-order valence-electron chi connectivity index (χ2n) is 4.38. The Morgan fingerprint density at radius 2 is 2.25 bits per heavy atom. The number of hydrogen-bond acceptors (Lipinski definition) is 9. The van der Waals surface area contributed by atoms with Gasteiger partial charge in [-0.25, -0.2) is 18.7 Å². The van der Waals surface area contributed by atoms with Gasteiger partial charge in [-0.3, -0.25) is 15.8 Å². The van der Waals surface area contributed by atoms with Gasteiger partial charge in [0.25, 0.3) is 0 Å². The van der Waals surface area contributed by atoms with E-state index in [1.165, 1.54) is 0 Å². The van der Waals surface area contributed by atoms with Gasteiger partial charge in [0.2, 0.25) is 5.82 Å². The van der Waals surface area contributed by atoms with Crippen molar-refractivity contribution in [2.75, 3.05) is 18.4 Å². The normalized spacial score (nSPS) is 11.6. The number of anilines is 1. The van der Waals surface area contributed by atoms with Gasteiger partial charge >= 0.3 is 0 Å². The zero-order chi connectivity index (χ0) is 17.4. The highest BCUT2D eigenvalue weighted by Gasteiger charge is 2.16. The molecule has 24 heavy (non-hydrogen) atoms. The summed E-state index contributed by atoms with van der Waals surface area (Å²) < 4.78 is 20.8. The van der Waals surface area contributed by atoms with Crippen molar-refractivity contribution in [3.05, 3.63) is 33.9 Å². The number of rotatable bonds is 8. The largest absolute Gasteiger partial charge is 0.364 e. The summed E-state index contributed by atoms with van der Waals surface area (Å²) in [6, 6.07) is 4.82. The van der Waals surface area contributed by atoms with E-state index in [4.69, 9.17) is 5.14 Å². The molecule has 1 aromatic heterocycles. The van der Waals surface area contributed by atoms with Crippen LogP contribution in [0.25, 0.3) is 0 Å². The zero-order valence-corrected chi connectivity index (χ0v) is 14.7. The number of aliphatic imine (C=N–C) groups is 1. The monoisotopic (exact) mass is 419 g/mol. The molecule has 0 spiro atoms. The number of aromatic nitrogens is 2. The zero-order valence-electron chi connectivity index (χ0n) is 12.3. The minimum absolute atomic E-state index is 0.0276. The minimum Gasteiger partial charge on any atom is -0.364 e. The van der Waals surface area contributed by atoms with Gasteiger partial charge in [-0.15, -0.1) is 0 Å². The van der Waals surface area contributed by atoms with Crippen LogP contribution < -0.4 is 20.7 Å². The molecule has 9 nitrogen and oxygen atoms in total. The second kappa shape index (κ2) is 9.54. The van der Waals surface area contributed by atoms with Gasteiger partial charge in [0.15, 0.2) is 11.5 Å². The van der Waals surface area contributed by atoms with Crippen molar-refractivity contribution in [1.29, 1.82) is 0 Å². The van der Waals surface area contributed by atoms with E-state index < -0.39 is 6.67 Å². The number of nitrogens with one attached hydrogen (secondary N) is 3. The van der Waals surface area contributed by atoms with Crippen molar-refractivity contribution in [3.8, 4) is 0 Å². The van der Waals surface area contributed by atoms with E-state index in [9.17, 15) is 9.60 Å². The average Bonchev–Trinajstić information content (AvgIpc) is 3.05. The molecule has 130 valence electrons. The predicted octanol–water partition coefficient (Wildman–Crippen LogP) is 1.88. The lowest BCUT2D eigenvalue weighted by atomic mass is 10.2. The van der Waals surface area contributed by atoms with Crippen molar-refractivity contribution < 1.29 is 14.2 Å². The second-order valence-corrected chi connectivity index (χ2v) is 5.76. The Kier molecular flexibility index (Phi) is 7.39. The molecule has 2 rings (SSSR count). The van der Waals surface area contributed by atoms with Crippen molar-refractivity contribution in [2.45, 2.75) is 6.67 Å². The molecule has 0 amide bonds. The number of benzene rings is 1. The van der Waals surface area contributed by atoms with E-state index in [2.05, 4.69) is 45.9 Å². The summed E-state index contributed by atoms with van der Waals surface area (Å²) in [4.78, 5) is 4.22. The molecule has 0 unspecified atom stereocenters. The number of hydrogen-bond donors (Lipinski definition) is 5. The minimum atomic E-state index is -0.591. The number of amidine groups is 1. The van der Waals surface area contributed by atoms with Crippen LogP contribution in [0, 0.1) is 0 Å². The molecule has 0 aliphatic rings. The summed E-state index contributed by atoms with van der Waals surface area (Å²) in [5.41, 5.74) is 3.14. The van der Waals surface area contributed by atoms with Gasteiger partial charge in [0, 0.05) is 29.7 Å². The number of hydroxylamine groups is 1. The molecule has 0 atom stereocenters. The smallest absolute Gasteiger partial charge is 0.202 e. The Hall–Kier alpha value is -1.73. The highest BCUT2D eigenvalue weighted by atomic mass is 79.9. The Balaban J connectivity index is 2.19. The fraction of sp³-hybridized carbons (Fsp3) is 0.250. The van der Waals surface area contributed by atoms with Crippen LogP contribution >= 0.6 is 28.1 Å². The fourth-order valence-electron chi connectivity index (χ4n) is 1.72. The molecule has 0 radical (unpaired) electrons. The molecule has 0 aliphatic carbocycles. The summed E-state index contributed by atoms with van der Waals surface area (Å²) in [7, 11) is 0. The molecule has 0 aliphatic heterocycles. The molecule has 0 bridgehead atoms. The first-order chi connectivity index (χ1) is 11.7. The summed E-state index contributed by atoms with van der Waals surface area (Å²) >= 11 is 4.26. The number of nitrogens with two attached hydrogens (primary N) is 1. The van der Waals surface area contributed by atoms with Crippen molar-refractivity contribution in [3.63, 3.8) is 0 Å². The first-order valence-electron chi connectivity index (χ1n) is 6.68. The van der Waals surface area contributed by atoms with Crippen LogP contribution in [-0.4, -0.2) is 34.4 Å². The molecular weight excluding hydrogens is 405 g/mol. The van der Waals surface area contributed by atoms with E-state index in [1.54, 1.807) is 18.2 Å². The maximum absolute atomic E-state index is 12.7. The summed E-state index contributed by atoms with van der Waals surface area (Å²) in [5.74, 6) is 0.332. The third-order valence-corrected chi connectivity index (χ3v) is 3.95. The van der Waals surface area contributed by atoms with Crippen LogP contribution in [0.4, 0.5) is 15.9 Å². The van der Waals surface area contributed by atoms with Gasteiger partial charge in [-0.1, -0.05) is 22.0 Å². The first-order valence-corrected chi connectivity index (χ1v) is 8.35. The van der Waals surface area contributed by atoms with Gasteiger partial charge in [0.1, 0.15) is 6.67 Å². The predicted molar refractivity (Wildman–Crippen MR) is 92.6 cm³/mol. The van der Waals surface area contributed by atoms with Crippen LogP contribution in [0.15, 0.2) is 32.3 Å². The van der Waals surface area contributed by atoms with Gasteiger partial charge in [-0.05, 0) is 28.0 Å². The molecule has 12 heteroatoms. The summed E-state index contributed by atoms with van der Waals surface area (Å²) in [6.07, 6.45) is 0. The number of alkyl halides is 1. The fourth-order valence-corrected chi connectivity index (χ4v) is 2.42. The summed E-state index contributed by atoms with van der Waals surface area (Å²) in [6.45, 7) is 0.483. The first kappa shape index (κ1) is 18.6. The maximum atomic E-state index is 12.7. The highest BCUT2D eigenvalue weighted by molar-refractivity contribution is 9.10. The van der Waals surface area contributed by atoms with Crippen LogP contribution in [0.2, 0.25) is 0 Å². The SMILES string of the molecule is NSNCCNc1nonc1C(=Nc1ccc(CF)c(Br)c1)NO. The quantitative estimate of drug-likeness (QED) is 0.143. The van der Waals surface area contributed by atoms with Gasteiger partial charge in [-0.2, -0.15) is 0 Å². The van der Waals surface area contributed by atoms with Crippen LogP contribution in [-0.2, 0) is 6.67 Å². The summed E-state index contributed by atoms with van der Waals surface area (Å²) in [5, 5.41) is 25.0. The van der Waals surface area contributed by atoms with Gasteiger partial charge in [0.05, 0.1) is 5.69 Å². The van der Waals surface area contributed by atoms with E-state index in [-0.39, 0.29) is 11.5 Å². The van der Waals surface area contributed by atoms with E-state index in [0.717, 1.165) is 12.1 Å². The molecule has 0 fully saturated rings. The van der Waals surface area contributed by atoms with Crippen molar-refractivity contribution in [1.82, 2.24) is 20.5 Å². The average molecular weight is 420 g/mol. The van der Waals surface area contributed by atoms with Crippen LogP contribution in [0.3, 0.4) is 0 Å². The lowest BCUT2D eigenvalue weighted by Crippen LogP contribution is -2.23. The number of halogens is 2. The lowest BCUT2D eigenvalue weighted by Gasteiger charge is -2.06. The van der Waals surface area contributed by atoms with E-state index >= 15 is 0 Å². The Labute approximate surface area is 149 Å². The molecule has 1 aromatic carbocycles. The van der Waals surface area contributed by atoms with Gasteiger partial charge < -0.3 is 5.32 Å². The molecule has 6 N–H and O–H groups in total. The maximum Gasteiger partial charge on any atom is 0.202 e. The van der Waals surface area contributed by atoms with Crippen LogP contribution in [0.1, 0.15) is 11.3 Å². The van der Waals surface area contributed by atoms with Crippen molar-refractivity contribution >= 4 is 45.4 Å². The van der Waals surface area contributed by atoms with Crippen molar-refractivity contribution in [2.24, 2.45) is 10.1 Å². The Morgan fingerprint density at radius 1 is 1.42 bits per heavy atom. The standard InChI is InChI=1S/C12H15BrFN7O2S/c13-9-5-8(2-1-7(9)6-14)18-12(19-22)10-11(21-23-20-10)16-3-4-17-24-15/h1-2,5,17,22H,3-4,6,15H2,(H,16,21)(H,18,19). The number of nitrogens with zero attached hydrogens (tertiary/aromatic N) is 3.